The van der Waals surface area contributed by atoms with E-state index < -0.39 is 5.97 Å². The van der Waals surface area contributed by atoms with Crippen molar-refractivity contribution >= 4 is 12.0 Å². The van der Waals surface area contributed by atoms with Crippen LogP contribution in [0.1, 0.15) is 24.3 Å². The minimum Gasteiger partial charge on any atom is -0.481 e. The van der Waals surface area contributed by atoms with Gasteiger partial charge in [0, 0.05) is 25.6 Å². The summed E-state index contributed by atoms with van der Waals surface area (Å²) in [5, 5.41) is 11.4. The number of benzene rings is 1. The molecular weight excluding hydrogens is 263 g/mol. The van der Waals surface area contributed by atoms with Crippen LogP contribution < -0.4 is 5.32 Å². The lowest BCUT2D eigenvalue weighted by Crippen LogP contribution is -2.39. The Morgan fingerprint density at radius 3 is 2.90 bits per heavy atom. The van der Waals surface area contributed by atoms with Gasteiger partial charge in [0.15, 0.2) is 0 Å². The molecule has 2 N–H and O–H groups in total. The zero-order valence-electron chi connectivity index (χ0n) is 11.2. The second-order valence-electron chi connectivity index (χ2n) is 5.02. The van der Waals surface area contributed by atoms with Gasteiger partial charge in [-0.25, -0.2) is 9.18 Å². The topological polar surface area (TPSA) is 69.6 Å². The van der Waals surface area contributed by atoms with E-state index in [1.54, 1.807) is 13.1 Å². The van der Waals surface area contributed by atoms with Gasteiger partial charge in [0.25, 0.3) is 0 Å². The Morgan fingerprint density at radius 1 is 1.50 bits per heavy atom. The van der Waals surface area contributed by atoms with E-state index in [4.69, 9.17) is 5.11 Å². The monoisotopic (exact) mass is 280 g/mol. The largest absolute Gasteiger partial charge is 0.481 e. The molecule has 1 aromatic rings. The van der Waals surface area contributed by atoms with Gasteiger partial charge in [-0.3, -0.25) is 4.79 Å². The smallest absolute Gasteiger partial charge is 0.317 e. The Kier molecular flexibility index (Phi) is 4.22. The molecule has 2 atom stereocenters. The number of halogens is 1. The van der Waals surface area contributed by atoms with Crippen LogP contribution >= 0.6 is 0 Å². The number of nitrogens with one attached hydrogen (secondary N) is 1. The molecule has 1 saturated carbocycles. The highest BCUT2D eigenvalue weighted by Crippen LogP contribution is 2.40. The van der Waals surface area contributed by atoms with E-state index in [0.717, 1.165) is 12.0 Å². The van der Waals surface area contributed by atoms with E-state index in [-0.39, 0.29) is 36.8 Å². The van der Waals surface area contributed by atoms with E-state index in [2.05, 4.69) is 5.32 Å². The number of rotatable bonds is 5. The Labute approximate surface area is 116 Å². The van der Waals surface area contributed by atoms with Crippen molar-refractivity contribution in [2.24, 2.45) is 0 Å². The maximum atomic E-state index is 13.1. The van der Waals surface area contributed by atoms with Gasteiger partial charge in [-0.05, 0) is 24.1 Å². The third-order valence-electron chi connectivity index (χ3n) is 3.38. The fourth-order valence-corrected chi connectivity index (χ4v) is 2.09. The summed E-state index contributed by atoms with van der Waals surface area (Å²) in [5.74, 6) is -1.07. The summed E-state index contributed by atoms with van der Waals surface area (Å²) in [5.41, 5.74) is 0.878. The molecule has 2 unspecified atom stereocenters. The molecule has 0 aromatic heterocycles. The summed E-state index contributed by atoms with van der Waals surface area (Å²) in [6.07, 6.45) is 0.698. The summed E-state index contributed by atoms with van der Waals surface area (Å²) in [7, 11) is 1.55. The van der Waals surface area contributed by atoms with Crippen LogP contribution in [0.4, 0.5) is 9.18 Å². The van der Waals surface area contributed by atoms with Crippen LogP contribution in [0.15, 0.2) is 24.3 Å². The van der Waals surface area contributed by atoms with Gasteiger partial charge in [0.1, 0.15) is 5.82 Å². The molecule has 0 spiro atoms. The summed E-state index contributed by atoms with van der Waals surface area (Å²) in [6, 6.07) is 6.06. The summed E-state index contributed by atoms with van der Waals surface area (Å²) >= 11 is 0. The number of hydrogen-bond acceptors (Lipinski definition) is 2. The van der Waals surface area contributed by atoms with Crippen molar-refractivity contribution in [2.45, 2.75) is 24.8 Å². The number of carboxylic acids is 1. The zero-order chi connectivity index (χ0) is 14.7. The molecule has 2 amide bonds. The molecule has 108 valence electrons. The van der Waals surface area contributed by atoms with E-state index >= 15 is 0 Å². The highest BCUT2D eigenvalue weighted by Gasteiger charge is 2.40. The fraction of sp³-hybridized carbons (Fsp3) is 0.429. The molecule has 0 heterocycles. The Bertz CT molecular complexity index is 521. The molecule has 0 bridgehead atoms. The number of nitrogens with zero attached hydrogens (tertiary/aromatic N) is 1. The van der Waals surface area contributed by atoms with Gasteiger partial charge in [-0.1, -0.05) is 12.1 Å². The normalized spacial score (nSPS) is 20.3. The number of carboxylic acid groups (broad SMARTS) is 1. The number of aliphatic carboxylic acids is 1. The van der Waals surface area contributed by atoms with E-state index in [0.29, 0.717) is 0 Å². The van der Waals surface area contributed by atoms with Crippen LogP contribution in [0.2, 0.25) is 0 Å². The highest BCUT2D eigenvalue weighted by molar-refractivity contribution is 5.76. The molecule has 1 aliphatic carbocycles. The first-order valence-electron chi connectivity index (χ1n) is 6.46. The molecule has 1 fully saturated rings. The van der Waals surface area contributed by atoms with E-state index in [9.17, 15) is 14.0 Å². The molecule has 1 aromatic carbocycles. The molecule has 20 heavy (non-hydrogen) atoms. The first kappa shape index (κ1) is 14.3. The third-order valence-corrected chi connectivity index (χ3v) is 3.38. The van der Waals surface area contributed by atoms with Crippen LogP contribution in [0.25, 0.3) is 0 Å². The maximum absolute atomic E-state index is 13.1. The van der Waals surface area contributed by atoms with Gasteiger partial charge < -0.3 is 15.3 Å². The number of urea groups is 1. The number of carbonyl (C=O) groups is 2. The summed E-state index contributed by atoms with van der Waals surface area (Å²) in [6.45, 7) is 0.165. The van der Waals surface area contributed by atoms with Crippen molar-refractivity contribution in [3.8, 4) is 0 Å². The average Bonchev–Trinajstić information content (AvgIpc) is 3.15. The molecule has 0 radical (unpaired) electrons. The number of carbonyl (C=O) groups excluding carboxylic acids is 1. The van der Waals surface area contributed by atoms with E-state index in [1.807, 2.05) is 6.07 Å². The van der Waals surface area contributed by atoms with Crippen molar-refractivity contribution in [1.82, 2.24) is 10.2 Å². The van der Waals surface area contributed by atoms with Crippen LogP contribution in [0.5, 0.6) is 0 Å². The van der Waals surface area contributed by atoms with Crippen LogP contribution in [-0.4, -0.2) is 41.6 Å². The lowest BCUT2D eigenvalue weighted by Gasteiger charge is -2.17. The quantitative estimate of drug-likeness (QED) is 0.864. The summed E-state index contributed by atoms with van der Waals surface area (Å²) in [4.78, 5) is 23.6. The van der Waals surface area contributed by atoms with Gasteiger partial charge in [0.05, 0.1) is 6.42 Å². The Morgan fingerprint density at radius 2 is 2.25 bits per heavy atom. The molecule has 5 nitrogen and oxygen atoms in total. The standard InChI is InChI=1S/C14H17FN2O3/c1-17(6-5-13(18)19)14(20)16-12-8-11(12)9-3-2-4-10(15)7-9/h2-4,7,11-12H,5-6,8H2,1H3,(H,16,20)(H,18,19). The fourth-order valence-electron chi connectivity index (χ4n) is 2.09. The van der Waals surface area contributed by atoms with Gasteiger partial charge in [-0.2, -0.15) is 0 Å². The molecule has 0 aliphatic heterocycles. The second kappa shape index (κ2) is 5.90. The summed E-state index contributed by atoms with van der Waals surface area (Å²) < 4.78 is 13.1. The highest BCUT2D eigenvalue weighted by atomic mass is 19.1. The Hall–Kier alpha value is -2.11. The van der Waals surface area contributed by atoms with Crippen molar-refractivity contribution < 1.29 is 19.1 Å². The minimum absolute atomic E-state index is 0.00317. The average molecular weight is 280 g/mol. The van der Waals surface area contributed by atoms with Crippen molar-refractivity contribution in [3.63, 3.8) is 0 Å². The first-order valence-corrected chi connectivity index (χ1v) is 6.46. The zero-order valence-corrected chi connectivity index (χ0v) is 11.2. The third kappa shape index (κ3) is 3.69. The van der Waals surface area contributed by atoms with Crippen LogP contribution in [-0.2, 0) is 4.79 Å². The number of hydrogen-bond donors (Lipinski definition) is 2. The van der Waals surface area contributed by atoms with Gasteiger partial charge in [0.2, 0.25) is 0 Å². The Balaban J connectivity index is 1.81. The lowest BCUT2D eigenvalue weighted by atomic mass is 10.1. The van der Waals surface area contributed by atoms with Gasteiger partial charge in [-0.15, -0.1) is 0 Å². The SMILES string of the molecule is CN(CCC(=O)O)C(=O)NC1CC1c1cccc(F)c1. The van der Waals surface area contributed by atoms with Crippen molar-refractivity contribution in [1.29, 1.82) is 0 Å². The van der Waals surface area contributed by atoms with Crippen LogP contribution in [0, 0.1) is 5.82 Å². The molecule has 1 aliphatic rings. The number of amides is 2. The molecular formula is C14H17FN2O3. The predicted molar refractivity (Wildman–Crippen MR) is 71.0 cm³/mol. The first-order chi connectivity index (χ1) is 9.47. The molecule has 0 saturated heterocycles. The molecule has 6 heteroatoms. The van der Waals surface area contributed by atoms with Gasteiger partial charge >= 0.3 is 12.0 Å². The predicted octanol–water partition coefficient (Wildman–Crippen LogP) is 1.80. The van der Waals surface area contributed by atoms with E-state index in [1.165, 1.54) is 17.0 Å². The molecule has 2 rings (SSSR count). The van der Waals surface area contributed by atoms with Crippen molar-refractivity contribution in [3.05, 3.63) is 35.6 Å². The van der Waals surface area contributed by atoms with Crippen LogP contribution in [0.3, 0.4) is 0 Å². The second-order valence-corrected chi connectivity index (χ2v) is 5.02. The lowest BCUT2D eigenvalue weighted by molar-refractivity contribution is -0.137. The maximum Gasteiger partial charge on any atom is 0.317 e. The minimum atomic E-state index is -0.936. The van der Waals surface area contributed by atoms with Crippen molar-refractivity contribution in [2.75, 3.05) is 13.6 Å².